The minimum Gasteiger partial charge on any atom is -0.329 e. The lowest BCUT2D eigenvalue weighted by atomic mass is 9.98. The SMILES string of the molecule is CCCN(C1(CN)CCCC1)S(=O)(=O)CC1CC1. The van der Waals surface area contributed by atoms with Crippen molar-refractivity contribution >= 4 is 10.0 Å². The Morgan fingerprint density at radius 3 is 2.33 bits per heavy atom. The highest BCUT2D eigenvalue weighted by Gasteiger charge is 2.45. The average Bonchev–Trinajstić information content (AvgIpc) is 3.00. The second kappa shape index (κ2) is 5.47. The number of sulfonamides is 1. The fraction of sp³-hybridized carbons (Fsp3) is 1.00. The molecule has 2 rings (SSSR count). The Labute approximate surface area is 111 Å². The third kappa shape index (κ3) is 2.89. The summed E-state index contributed by atoms with van der Waals surface area (Å²) in [5, 5.41) is 0. The van der Waals surface area contributed by atoms with Crippen molar-refractivity contribution in [2.24, 2.45) is 11.7 Å². The molecule has 0 atom stereocenters. The zero-order chi connectivity index (χ0) is 13.2. The summed E-state index contributed by atoms with van der Waals surface area (Å²) < 4.78 is 27.0. The van der Waals surface area contributed by atoms with Gasteiger partial charge in [0.1, 0.15) is 0 Å². The van der Waals surface area contributed by atoms with E-state index in [-0.39, 0.29) is 5.54 Å². The number of nitrogens with two attached hydrogens (primary N) is 1. The van der Waals surface area contributed by atoms with Gasteiger partial charge < -0.3 is 5.73 Å². The minimum absolute atomic E-state index is 0.274. The van der Waals surface area contributed by atoms with Gasteiger partial charge in [-0.05, 0) is 38.0 Å². The van der Waals surface area contributed by atoms with Crippen LogP contribution in [-0.2, 0) is 10.0 Å². The number of nitrogens with zero attached hydrogens (tertiary/aromatic N) is 1. The molecular formula is C13H26N2O2S. The van der Waals surface area contributed by atoms with E-state index < -0.39 is 10.0 Å². The van der Waals surface area contributed by atoms with Crippen LogP contribution in [-0.4, -0.2) is 37.1 Å². The van der Waals surface area contributed by atoms with E-state index in [4.69, 9.17) is 5.73 Å². The molecule has 0 aromatic heterocycles. The van der Waals surface area contributed by atoms with Crippen LogP contribution in [0.1, 0.15) is 51.9 Å². The van der Waals surface area contributed by atoms with Gasteiger partial charge in [0.15, 0.2) is 0 Å². The Kier molecular flexibility index (Phi) is 4.34. The summed E-state index contributed by atoms with van der Waals surface area (Å²) in [6.07, 6.45) is 7.11. The van der Waals surface area contributed by atoms with Gasteiger partial charge in [-0.3, -0.25) is 0 Å². The Balaban J connectivity index is 2.19. The van der Waals surface area contributed by atoms with Gasteiger partial charge in [0.2, 0.25) is 10.0 Å². The van der Waals surface area contributed by atoms with E-state index in [1.165, 1.54) is 0 Å². The van der Waals surface area contributed by atoms with Crippen LogP contribution >= 0.6 is 0 Å². The highest BCUT2D eigenvalue weighted by molar-refractivity contribution is 7.89. The van der Waals surface area contributed by atoms with Crippen LogP contribution in [0.4, 0.5) is 0 Å². The Hall–Kier alpha value is -0.130. The molecule has 2 fully saturated rings. The van der Waals surface area contributed by atoms with Crippen LogP contribution in [0, 0.1) is 5.92 Å². The summed E-state index contributed by atoms with van der Waals surface area (Å²) in [5.41, 5.74) is 5.66. The Morgan fingerprint density at radius 1 is 1.28 bits per heavy atom. The fourth-order valence-corrected chi connectivity index (χ4v) is 5.55. The highest BCUT2D eigenvalue weighted by atomic mass is 32.2. The molecule has 2 aliphatic rings. The summed E-state index contributed by atoms with van der Waals surface area (Å²) in [5.74, 6) is 0.750. The zero-order valence-electron chi connectivity index (χ0n) is 11.4. The molecule has 0 bridgehead atoms. The maximum Gasteiger partial charge on any atom is 0.214 e. The van der Waals surface area contributed by atoms with Crippen LogP contribution in [0.2, 0.25) is 0 Å². The molecule has 4 nitrogen and oxygen atoms in total. The quantitative estimate of drug-likeness (QED) is 0.768. The van der Waals surface area contributed by atoms with Gasteiger partial charge in [-0.25, -0.2) is 8.42 Å². The summed E-state index contributed by atoms with van der Waals surface area (Å²) in [6.45, 7) is 3.14. The van der Waals surface area contributed by atoms with E-state index in [1.54, 1.807) is 4.31 Å². The predicted octanol–water partition coefficient (Wildman–Crippen LogP) is 1.71. The van der Waals surface area contributed by atoms with Crippen molar-refractivity contribution in [3.63, 3.8) is 0 Å². The van der Waals surface area contributed by atoms with Crippen LogP contribution in [0.15, 0.2) is 0 Å². The van der Waals surface area contributed by atoms with Gasteiger partial charge in [-0.2, -0.15) is 4.31 Å². The predicted molar refractivity (Wildman–Crippen MR) is 73.8 cm³/mol. The molecule has 2 saturated carbocycles. The van der Waals surface area contributed by atoms with Crippen molar-refractivity contribution < 1.29 is 8.42 Å². The Morgan fingerprint density at radius 2 is 1.89 bits per heavy atom. The number of hydrogen-bond acceptors (Lipinski definition) is 3. The van der Waals surface area contributed by atoms with Crippen molar-refractivity contribution in [2.75, 3.05) is 18.8 Å². The van der Waals surface area contributed by atoms with Crippen LogP contribution < -0.4 is 5.73 Å². The molecule has 2 N–H and O–H groups in total. The Bertz CT molecular complexity index is 370. The molecule has 0 spiro atoms. The van der Waals surface area contributed by atoms with E-state index in [0.29, 0.717) is 24.8 Å². The first-order valence-corrected chi connectivity index (χ1v) is 8.85. The smallest absolute Gasteiger partial charge is 0.214 e. The molecule has 18 heavy (non-hydrogen) atoms. The third-order valence-electron chi connectivity index (χ3n) is 4.35. The van der Waals surface area contributed by atoms with Gasteiger partial charge in [0.25, 0.3) is 0 Å². The molecule has 106 valence electrons. The van der Waals surface area contributed by atoms with Crippen LogP contribution in [0.3, 0.4) is 0 Å². The highest BCUT2D eigenvalue weighted by Crippen LogP contribution is 2.39. The summed E-state index contributed by atoms with van der Waals surface area (Å²) in [6, 6.07) is 0. The van der Waals surface area contributed by atoms with Crippen molar-refractivity contribution in [3.05, 3.63) is 0 Å². The largest absolute Gasteiger partial charge is 0.329 e. The van der Waals surface area contributed by atoms with Crippen LogP contribution in [0.5, 0.6) is 0 Å². The van der Waals surface area contributed by atoms with Gasteiger partial charge in [0.05, 0.1) is 5.75 Å². The monoisotopic (exact) mass is 274 g/mol. The van der Waals surface area contributed by atoms with Crippen LogP contribution in [0.25, 0.3) is 0 Å². The van der Waals surface area contributed by atoms with E-state index in [9.17, 15) is 8.42 Å². The van der Waals surface area contributed by atoms with Gasteiger partial charge in [-0.15, -0.1) is 0 Å². The molecule has 2 aliphatic carbocycles. The standard InChI is InChI=1S/C13H26N2O2S/c1-2-9-15(13(11-14)7-3-4-8-13)18(16,17)10-12-5-6-12/h12H,2-11,14H2,1H3. The lowest BCUT2D eigenvalue weighted by Crippen LogP contribution is -2.55. The lowest BCUT2D eigenvalue weighted by Gasteiger charge is -2.39. The molecule has 0 saturated heterocycles. The van der Waals surface area contributed by atoms with Gasteiger partial charge in [-0.1, -0.05) is 19.8 Å². The van der Waals surface area contributed by atoms with E-state index in [1.807, 2.05) is 6.92 Å². The fourth-order valence-electron chi connectivity index (χ4n) is 3.14. The van der Waals surface area contributed by atoms with E-state index >= 15 is 0 Å². The second-order valence-electron chi connectivity index (χ2n) is 5.93. The number of hydrogen-bond donors (Lipinski definition) is 1. The molecular weight excluding hydrogens is 248 g/mol. The van der Waals surface area contributed by atoms with Gasteiger partial charge in [0, 0.05) is 18.6 Å². The summed E-state index contributed by atoms with van der Waals surface area (Å²) >= 11 is 0. The topological polar surface area (TPSA) is 63.4 Å². The maximum atomic E-state index is 12.6. The van der Waals surface area contributed by atoms with Gasteiger partial charge >= 0.3 is 0 Å². The van der Waals surface area contributed by atoms with Crippen molar-refractivity contribution in [1.29, 1.82) is 0 Å². The average molecular weight is 274 g/mol. The molecule has 0 amide bonds. The molecule has 0 aromatic rings. The number of rotatable bonds is 7. The zero-order valence-corrected chi connectivity index (χ0v) is 12.2. The third-order valence-corrected chi connectivity index (χ3v) is 6.48. The molecule has 0 radical (unpaired) electrons. The first kappa shape index (κ1) is 14.3. The van der Waals surface area contributed by atoms with E-state index in [0.717, 1.165) is 44.9 Å². The summed E-state index contributed by atoms with van der Waals surface area (Å²) in [7, 11) is -3.12. The molecule has 0 heterocycles. The molecule has 0 aromatic carbocycles. The van der Waals surface area contributed by atoms with Crippen molar-refractivity contribution in [3.8, 4) is 0 Å². The second-order valence-corrected chi connectivity index (χ2v) is 7.87. The maximum absolute atomic E-state index is 12.6. The van der Waals surface area contributed by atoms with Crippen molar-refractivity contribution in [1.82, 2.24) is 4.31 Å². The lowest BCUT2D eigenvalue weighted by molar-refractivity contribution is 0.197. The van der Waals surface area contributed by atoms with E-state index in [2.05, 4.69) is 0 Å². The minimum atomic E-state index is -3.12. The summed E-state index contributed by atoms with van der Waals surface area (Å²) in [4.78, 5) is 0. The first-order chi connectivity index (χ1) is 8.54. The molecule has 5 heteroatoms. The molecule has 0 aliphatic heterocycles. The first-order valence-electron chi connectivity index (χ1n) is 7.25. The normalized spacial score (nSPS) is 23.7. The molecule has 0 unspecified atom stereocenters. The van der Waals surface area contributed by atoms with Crippen molar-refractivity contribution in [2.45, 2.75) is 57.4 Å².